The normalized spacial score (nSPS) is 14.3. The minimum Gasteiger partial charge on any atom is -0.383 e. The molecule has 5 nitrogen and oxygen atoms in total. The summed E-state index contributed by atoms with van der Waals surface area (Å²) in [5, 5.41) is 0. The quantitative estimate of drug-likeness (QED) is 0.784. The van der Waals surface area contributed by atoms with Crippen LogP contribution in [0.15, 0.2) is 30.3 Å². The van der Waals surface area contributed by atoms with Crippen molar-refractivity contribution in [2.45, 2.75) is 13.0 Å². The molecule has 1 aliphatic heterocycles. The second-order valence-corrected chi connectivity index (χ2v) is 4.45. The third-order valence-corrected chi connectivity index (χ3v) is 3.20. The third-order valence-electron chi connectivity index (χ3n) is 3.20. The molecule has 5 heteroatoms. The van der Waals surface area contributed by atoms with Crippen LogP contribution in [0.2, 0.25) is 0 Å². The Morgan fingerprint density at radius 2 is 1.83 bits per heavy atom. The SMILES string of the molecule is Nc1cc(N2CCc3ccccc3C2)nc(N)n1. The lowest BCUT2D eigenvalue weighted by Crippen LogP contribution is -2.31. The zero-order valence-corrected chi connectivity index (χ0v) is 10.0. The Bertz CT molecular complexity index is 561. The molecule has 0 fully saturated rings. The number of anilines is 3. The first-order valence-corrected chi connectivity index (χ1v) is 5.94. The molecule has 0 radical (unpaired) electrons. The Morgan fingerprint density at radius 1 is 1.06 bits per heavy atom. The van der Waals surface area contributed by atoms with E-state index in [0.29, 0.717) is 5.82 Å². The van der Waals surface area contributed by atoms with Crippen LogP contribution in [-0.2, 0) is 13.0 Å². The number of nitrogens with zero attached hydrogens (tertiary/aromatic N) is 3. The van der Waals surface area contributed by atoms with Crippen molar-refractivity contribution < 1.29 is 0 Å². The molecule has 92 valence electrons. The van der Waals surface area contributed by atoms with Crippen LogP contribution in [0.25, 0.3) is 0 Å². The maximum atomic E-state index is 5.70. The Balaban J connectivity index is 1.91. The highest BCUT2D eigenvalue weighted by atomic mass is 15.2. The van der Waals surface area contributed by atoms with Gasteiger partial charge in [-0.15, -0.1) is 0 Å². The van der Waals surface area contributed by atoms with Crippen LogP contribution in [0.3, 0.4) is 0 Å². The van der Waals surface area contributed by atoms with Gasteiger partial charge in [-0.1, -0.05) is 24.3 Å². The monoisotopic (exact) mass is 241 g/mol. The Morgan fingerprint density at radius 3 is 2.61 bits per heavy atom. The first kappa shape index (κ1) is 10.8. The van der Waals surface area contributed by atoms with Gasteiger partial charge in [0.25, 0.3) is 0 Å². The van der Waals surface area contributed by atoms with E-state index in [-0.39, 0.29) is 5.95 Å². The second-order valence-electron chi connectivity index (χ2n) is 4.45. The van der Waals surface area contributed by atoms with Gasteiger partial charge in [0.1, 0.15) is 11.6 Å². The maximum absolute atomic E-state index is 5.70. The van der Waals surface area contributed by atoms with E-state index in [4.69, 9.17) is 11.5 Å². The predicted molar refractivity (Wildman–Crippen MR) is 72.1 cm³/mol. The van der Waals surface area contributed by atoms with Crippen LogP contribution in [0.1, 0.15) is 11.1 Å². The molecule has 3 rings (SSSR count). The number of aromatic nitrogens is 2. The Kier molecular flexibility index (Phi) is 2.51. The molecule has 0 spiro atoms. The first-order chi connectivity index (χ1) is 8.72. The first-order valence-electron chi connectivity index (χ1n) is 5.94. The predicted octanol–water partition coefficient (Wildman–Crippen LogP) is 1.20. The molecule has 0 atom stereocenters. The van der Waals surface area contributed by atoms with Gasteiger partial charge in [0.05, 0.1) is 0 Å². The van der Waals surface area contributed by atoms with Crippen LogP contribution in [0.5, 0.6) is 0 Å². The van der Waals surface area contributed by atoms with E-state index in [1.165, 1.54) is 11.1 Å². The van der Waals surface area contributed by atoms with Gasteiger partial charge in [-0.05, 0) is 17.5 Å². The summed E-state index contributed by atoms with van der Waals surface area (Å²) in [7, 11) is 0. The highest BCUT2D eigenvalue weighted by Gasteiger charge is 2.17. The van der Waals surface area contributed by atoms with E-state index in [9.17, 15) is 0 Å². The van der Waals surface area contributed by atoms with Crippen LogP contribution >= 0.6 is 0 Å². The fraction of sp³-hybridized carbons (Fsp3) is 0.231. The minimum absolute atomic E-state index is 0.226. The molecule has 1 aromatic heterocycles. The van der Waals surface area contributed by atoms with Crippen molar-refractivity contribution in [3.8, 4) is 0 Å². The van der Waals surface area contributed by atoms with E-state index in [2.05, 4.69) is 39.1 Å². The molecular weight excluding hydrogens is 226 g/mol. The molecule has 0 saturated carbocycles. The molecule has 0 amide bonds. The molecule has 0 unspecified atom stereocenters. The number of nitrogen functional groups attached to an aromatic ring is 2. The fourth-order valence-corrected chi connectivity index (χ4v) is 2.32. The molecule has 2 aromatic rings. The summed E-state index contributed by atoms with van der Waals surface area (Å²) < 4.78 is 0. The second kappa shape index (κ2) is 4.18. The van der Waals surface area contributed by atoms with Crippen LogP contribution < -0.4 is 16.4 Å². The molecule has 0 aliphatic carbocycles. The summed E-state index contributed by atoms with van der Waals surface area (Å²) in [5.41, 5.74) is 14.1. The lowest BCUT2D eigenvalue weighted by molar-refractivity contribution is 0.720. The van der Waals surface area contributed by atoms with Gasteiger partial charge in [-0.2, -0.15) is 9.97 Å². The number of hydrogen-bond acceptors (Lipinski definition) is 5. The van der Waals surface area contributed by atoms with E-state index in [1.807, 2.05) is 0 Å². The average Bonchev–Trinajstić information content (AvgIpc) is 2.37. The molecule has 1 aliphatic rings. The molecule has 0 saturated heterocycles. The Hall–Kier alpha value is -2.30. The summed E-state index contributed by atoms with van der Waals surface area (Å²) in [6, 6.07) is 10.2. The number of nitrogens with two attached hydrogens (primary N) is 2. The van der Waals surface area contributed by atoms with E-state index >= 15 is 0 Å². The van der Waals surface area contributed by atoms with Gasteiger partial charge in [-0.3, -0.25) is 0 Å². The van der Waals surface area contributed by atoms with Crippen molar-refractivity contribution in [1.82, 2.24) is 9.97 Å². The van der Waals surface area contributed by atoms with Gasteiger partial charge in [0.15, 0.2) is 0 Å². The standard InChI is InChI=1S/C13H15N5/c14-11-7-12(17-13(15)16-11)18-6-5-9-3-1-2-4-10(9)8-18/h1-4,7H,5-6,8H2,(H4,14,15,16,17). The van der Waals surface area contributed by atoms with Crippen molar-refractivity contribution in [2.75, 3.05) is 22.9 Å². The zero-order chi connectivity index (χ0) is 12.5. The summed E-state index contributed by atoms with van der Waals surface area (Å²) in [6.07, 6.45) is 1.01. The third kappa shape index (κ3) is 1.95. The smallest absolute Gasteiger partial charge is 0.223 e. The maximum Gasteiger partial charge on any atom is 0.223 e. The van der Waals surface area contributed by atoms with Gasteiger partial charge >= 0.3 is 0 Å². The van der Waals surface area contributed by atoms with Crippen LogP contribution in [0.4, 0.5) is 17.6 Å². The summed E-state index contributed by atoms with van der Waals surface area (Å²) in [4.78, 5) is 10.3. The van der Waals surface area contributed by atoms with E-state index in [0.717, 1.165) is 25.3 Å². The minimum atomic E-state index is 0.226. The number of benzene rings is 1. The van der Waals surface area contributed by atoms with Crippen molar-refractivity contribution in [3.63, 3.8) is 0 Å². The van der Waals surface area contributed by atoms with Crippen molar-refractivity contribution in [3.05, 3.63) is 41.5 Å². The molecule has 1 aromatic carbocycles. The molecular formula is C13H15N5. The van der Waals surface area contributed by atoms with E-state index in [1.54, 1.807) is 6.07 Å². The summed E-state index contributed by atoms with van der Waals surface area (Å²) in [5.74, 6) is 1.44. The number of rotatable bonds is 1. The number of fused-ring (bicyclic) bond motifs is 1. The van der Waals surface area contributed by atoms with Gasteiger partial charge in [0.2, 0.25) is 5.95 Å². The largest absolute Gasteiger partial charge is 0.383 e. The topological polar surface area (TPSA) is 81.1 Å². The molecule has 2 heterocycles. The summed E-state index contributed by atoms with van der Waals surface area (Å²) >= 11 is 0. The zero-order valence-electron chi connectivity index (χ0n) is 10.0. The highest BCUT2D eigenvalue weighted by molar-refractivity contribution is 5.52. The highest BCUT2D eigenvalue weighted by Crippen LogP contribution is 2.24. The average molecular weight is 241 g/mol. The van der Waals surface area contributed by atoms with Gasteiger partial charge in [-0.25, -0.2) is 0 Å². The van der Waals surface area contributed by atoms with Crippen molar-refractivity contribution in [2.24, 2.45) is 0 Å². The summed E-state index contributed by atoms with van der Waals surface area (Å²) in [6.45, 7) is 1.76. The van der Waals surface area contributed by atoms with Crippen LogP contribution in [-0.4, -0.2) is 16.5 Å². The Labute approximate surface area is 105 Å². The number of hydrogen-bond donors (Lipinski definition) is 2. The fourth-order valence-electron chi connectivity index (χ4n) is 2.32. The van der Waals surface area contributed by atoms with Crippen molar-refractivity contribution in [1.29, 1.82) is 0 Å². The van der Waals surface area contributed by atoms with Crippen LogP contribution in [0, 0.1) is 0 Å². The van der Waals surface area contributed by atoms with E-state index < -0.39 is 0 Å². The van der Waals surface area contributed by atoms with Gasteiger partial charge in [0, 0.05) is 19.2 Å². The molecule has 18 heavy (non-hydrogen) atoms. The lowest BCUT2D eigenvalue weighted by Gasteiger charge is -2.29. The molecule has 0 bridgehead atoms. The van der Waals surface area contributed by atoms with Gasteiger partial charge < -0.3 is 16.4 Å². The van der Waals surface area contributed by atoms with Crippen molar-refractivity contribution >= 4 is 17.6 Å². The lowest BCUT2D eigenvalue weighted by atomic mass is 10.00. The molecule has 4 N–H and O–H groups in total.